The molecule has 0 bridgehead atoms. The highest BCUT2D eigenvalue weighted by molar-refractivity contribution is 6.31. The predicted molar refractivity (Wildman–Crippen MR) is 112 cm³/mol. The lowest BCUT2D eigenvalue weighted by Crippen LogP contribution is -2.46. The number of aliphatic imine (C=N–C) groups is 1. The summed E-state index contributed by atoms with van der Waals surface area (Å²) < 4.78 is 0. The Labute approximate surface area is 163 Å². The van der Waals surface area contributed by atoms with Crippen molar-refractivity contribution in [3.63, 3.8) is 0 Å². The summed E-state index contributed by atoms with van der Waals surface area (Å²) in [5.41, 5.74) is 1.17. The van der Waals surface area contributed by atoms with Crippen molar-refractivity contribution in [3.8, 4) is 0 Å². The van der Waals surface area contributed by atoms with Gasteiger partial charge in [-0.15, -0.1) is 0 Å². The number of piperazine rings is 1. The number of benzene rings is 1. The van der Waals surface area contributed by atoms with Gasteiger partial charge in [-0.25, -0.2) is 0 Å². The maximum atomic E-state index is 6.19. The van der Waals surface area contributed by atoms with Crippen molar-refractivity contribution in [3.05, 3.63) is 34.9 Å². The third-order valence-electron chi connectivity index (χ3n) is 4.97. The third-order valence-corrected chi connectivity index (χ3v) is 5.34. The molecular formula is C20H34ClN5. The number of halogens is 1. The zero-order valence-corrected chi connectivity index (χ0v) is 17.1. The van der Waals surface area contributed by atoms with Crippen LogP contribution in [0.5, 0.6) is 0 Å². The first-order chi connectivity index (χ1) is 12.7. The lowest BCUT2D eigenvalue weighted by Gasteiger charge is -2.34. The van der Waals surface area contributed by atoms with Gasteiger partial charge in [-0.1, -0.05) is 36.7 Å². The van der Waals surface area contributed by atoms with Crippen molar-refractivity contribution in [1.29, 1.82) is 0 Å². The van der Waals surface area contributed by atoms with Gasteiger partial charge in [0.1, 0.15) is 0 Å². The fraction of sp³-hybridized carbons (Fsp3) is 0.650. The Morgan fingerprint density at radius 3 is 2.42 bits per heavy atom. The molecule has 1 aliphatic heterocycles. The summed E-state index contributed by atoms with van der Waals surface area (Å²) in [6.07, 6.45) is 3.29. The summed E-state index contributed by atoms with van der Waals surface area (Å²) in [5, 5.41) is 7.59. The van der Waals surface area contributed by atoms with Gasteiger partial charge in [-0.2, -0.15) is 0 Å². The van der Waals surface area contributed by atoms with Gasteiger partial charge in [0.2, 0.25) is 0 Å². The number of nitrogens with one attached hydrogen (secondary N) is 2. The van der Waals surface area contributed by atoms with Gasteiger partial charge >= 0.3 is 0 Å². The standard InChI is InChI=1S/C20H34ClN5/c1-3-25-14-16-26(17-15-25)13-7-6-11-23-20(22-2)24-12-10-18-8-4-5-9-19(18)21/h4-5,8-9H,3,6-7,10-17H2,1-2H3,(H2,22,23,24). The number of hydrogen-bond donors (Lipinski definition) is 2. The number of rotatable bonds is 9. The second-order valence-corrected chi connectivity index (χ2v) is 7.16. The lowest BCUT2D eigenvalue weighted by molar-refractivity contribution is 0.136. The summed E-state index contributed by atoms with van der Waals surface area (Å²) in [7, 11) is 1.82. The Hall–Kier alpha value is -1.30. The molecule has 0 aliphatic carbocycles. The summed E-state index contributed by atoms with van der Waals surface area (Å²) in [4.78, 5) is 9.40. The van der Waals surface area contributed by atoms with E-state index in [9.17, 15) is 0 Å². The molecule has 5 nitrogen and oxygen atoms in total. The molecule has 1 aliphatic rings. The third kappa shape index (κ3) is 7.52. The average Bonchev–Trinajstić information content (AvgIpc) is 2.68. The molecule has 1 saturated heterocycles. The SMILES string of the molecule is CCN1CCN(CCCCNC(=NC)NCCc2ccccc2Cl)CC1. The van der Waals surface area contributed by atoms with Crippen LogP contribution in [0.25, 0.3) is 0 Å². The molecule has 0 atom stereocenters. The first-order valence-corrected chi connectivity index (χ1v) is 10.2. The van der Waals surface area contributed by atoms with Crippen LogP contribution in [0, 0.1) is 0 Å². The van der Waals surface area contributed by atoms with E-state index in [2.05, 4.69) is 38.4 Å². The molecule has 146 valence electrons. The largest absolute Gasteiger partial charge is 0.356 e. The van der Waals surface area contributed by atoms with Crippen molar-refractivity contribution in [2.45, 2.75) is 26.2 Å². The van der Waals surface area contributed by atoms with E-state index in [4.69, 9.17) is 11.6 Å². The van der Waals surface area contributed by atoms with Crippen molar-refractivity contribution >= 4 is 17.6 Å². The molecule has 0 spiro atoms. The second-order valence-electron chi connectivity index (χ2n) is 6.75. The highest BCUT2D eigenvalue weighted by Crippen LogP contribution is 2.14. The molecule has 1 fully saturated rings. The van der Waals surface area contributed by atoms with E-state index in [1.165, 1.54) is 57.7 Å². The highest BCUT2D eigenvalue weighted by Gasteiger charge is 2.14. The van der Waals surface area contributed by atoms with Gasteiger partial charge in [-0.3, -0.25) is 4.99 Å². The Kier molecular flexibility index (Phi) is 9.82. The van der Waals surface area contributed by atoms with Crippen LogP contribution in [0.3, 0.4) is 0 Å². The molecule has 6 heteroatoms. The highest BCUT2D eigenvalue weighted by atomic mass is 35.5. The lowest BCUT2D eigenvalue weighted by atomic mass is 10.1. The summed E-state index contributed by atoms with van der Waals surface area (Å²) in [6, 6.07) is 7.99. The number of guanidine groups is 1. The van der Waals surface area contributed by atoms with Crippen LogP contribution in [-0.2, 0) is 6.42 Å². The summed E-state index contributed by atoms with van der Waals surface area (Å²) in [5.74, 6) is 0.869. The number of hydrogen-bond acceptors (Lipinski definition) is 3. The minimum absolute atomic E-state index is 0.825. The summed E-state index contributed by atoms with van der Waals surface area (Å²) >= 11 is 6.19. The van der Waals surface area contributed by atoms with Gasteiger partial charge in [-0.05, 0) is 44.0 Å². The minimum Gasteiger partial charge on any atom is -0.356 e. The second kappa shape index (κ2) is 12.2. The maximum absolute atomic E-state index is 6.19. The normalized spacial score (nSPS) is 16.7. The van der Waals surface area contributed by atoms with Crippen LogP contribution in [0.4, 0.5) is 0 Å². The minimum atomic E-state index is 0.825. The molecule has 2 rings (SSSR count). The van der Waals surface area contributed by atoms with Gasteiger partial charge < -0.3 is 20.4 Å². The maximum Gasteiger partial charge on any atom is 0.190 e. The molecule has 1 aromatic rings. The van der Waals surface area contributed by atoms with E-state index in [0.29, 0.717) is 0 Å². The molecule has 2 N–H and O–H groups in total. The molecule has 26 heavy (non-hydrogen) atoms. The molecule has 0 unspecified atom stereocenters. The fourth-order valence-electron chi connectivity index (χ4n) is 3.23. The van der Waals surface area contributed by atoms with Crippen molar-refractivity contribution in [2.24, 2.45) is 4.99 Å². The molecular weight excluding hydrogens is 346 g/mol. The number of nitrogens with zero attached hydrogens (tertiary/aromatic N) is 3. The van der Waals surface area contributed by atoms with E-state index in [1.807, 2.05) is 25.2 Å². The molecule has 0 radical (unpaired) electrons. The van der Waals surface area contributed by atoms with Gasteiger partial charge in [0.05, 0.1) is 0 Å². The van der Waals surface area contributed by atoms with Crippen LogP contribution in [0.2, 0.25) is 5.02 Å². The van der Waals surface area contributed by atoms with E-state index in [-0.39, 0.29) is 0 Å². The smallest absolute Gasteiger partial charge is 0.190 e. The molecule has 0 aromatic heterocycles. The first kappa shape index (κ1) is 21.0. The van der Waals surface area contributed by atoms with E-state index >= 15 is 0 Å². The predicted octanol–water partition coefficient (Wildman–Crippen LogP) is 2.47. The van der Waals surface area contributed by atoms with Crippen LogP contribution >= 0.6 is 11.6 Å². The van der Waals surface area contributed by atoms with Gasteiger partial charge in [0, 0.05) is 51.3 Å². The molecule has 0 amide bonds. The van der Waals surface area contributed by atoms with Crippen LogP contribution in [0.1, 0.15) is 25.3 Å². The quantitative estimate of drug-likeness (QED) is 0.393. The van der Waals surface area contributed by atoms with Gasteiger partial charge in [0.25, 0.3) is 0 Å². The molecule has 1 aromatic carbocycles. The number of likely N-dealkylation sites (N-methyl/N-ethyl adjacent to an activating group) is 1. The molecule has 0 saturated carbocycles. The Balaban J connectivity index is 1.53. The van der Waals surface area contributed by atoms with Crippen molar-refractivity contribution < 1.29 is 0 Å². The zero-order valence-electron chi connectivity index (χ0n) is 16.3. The van der Waals surface area contributed by atoms with Gasteiger partial charge in [0.15, 0.2) is 5.96 Å². The topological polar surface area (TPSA) is 42.9 Å². The Bertz CT molecular complexity index is 541. The number of unbranched alkanes of at least 4 members (excludes halogenated alkanes) is 1. The van der Waals surface area contributed by atoms with Crippen LogP contribution in [-0.4, -0.2) is 75.2 Å². The Morgan fingerprint density at radius 1 is 1.04 bits per heavy atom. The van der Waals surface area contributed by atoms with Crippen molar-refractivity contribution in [1.82, 2.24) is 20.4 Å². The van der Waals surface area contributed by atoms with Crippen molar-refractivity contribution in [2.75, 3.05) is 59.4 Å². The fourth-order valence-corrected chi connectivity index (χ4v) is 3.46. The van der Waals surface area contributed by atoms with Crippen LogP contribution < -0.4 is 10.6 Å². The Morgan fingerprint density at radius 2 is 1.73 bits per heavy atom. The van der Waals surface area contributed by atoms with E-state index in [0.717, 1.165) is 30.5 Å². The van der Waals surface area contributed by atoms with E-state index < -0.39 is 0 Å². The molecule has 1 heterocycles. The first-order valence-electron chi connectivity index (χ1n) is 9.85. The monoisotopic (exact) mass is 379 g/mol. The van der Waals surface area contributed by atoms with E-state index in [1.54, 1.807) is 0 Å². The average molecular weight is 380 g/mol. The van der Waals surface area contributed by atoms with Crippen LogP contribution in [0.15, 0.2) is 29.3 Å². The summed E-state index contributed by atoms with van der Waals surface area (Å²) in [6.45, 7) is 11.3. The zero-order chi connectivity index (χ0) is 18.6.